The van der Waals surface area contributed by atoms with Gasteiger partial charge in [-0.05, 0) is 37.3 Å². The largest absolute Gasteiger partial charge is 0.493 e. The first-order valence-electron chi connectivity index (χ1n) is 9.84. The maximum Gasteiger partial charge on any atom is 0.282 e. The van der Waals surface area contributed by atoms with E-state index in [9.17, 15) is 9.18 Å². The normalized spacial score (nSPS) is 11.3. The second-order valence-electron chi connectivity index (χ2n) is 7.09. The molecule has 0 amide bonds. The molecule has 0 fully saturated rings. The summed E-state index contributed by atoms with van der Waals surface area (Å²) >= 11 is 9.61. The van der Waals surface area contributed by atoms with Crippen LogP contribution in [0.4, 0.5) is 4.39 Å². The Labute approximate surface area is 202 Å². The van der Waals surface area contributed by atoms with Gasteiger partial charge < -0.3 is 9.47 Å². The van der Waals surface area contributed by atoms with Crippen LogP contribution in [0.3, 0.4) is 0 Å². The molecule has 0 spiro atoms. The second kappa shape index (κ2) is 9.72. The zero-order valence-electron chi connectivity index (χ0n) is 17.7. The minimum atomic E-state index is -0.378. The molecule has 1 aromatic heterocycles. The van der Waals surface area contributed by atoms with Crippen molar-refractivity contribution < 1.29 is 13.9 Å². The summed E-state index contributed by atoms with van der Waals surface area (Å²) in [7, 11) is 1.47. The smallest absolute Gasteiger partial charge is 0.282 e. The Hall–Kier alpha value is -3.23. The van der Waals surface area contributed by atoms with E-state index in [1.807, 2.05) is 6.07 Å². The molecular formula is C24H18BrClFN3O3. The van der Waals surface area contributed by atoms with E-state index in [-0.39, 0.29) is 18.0 Å². The van der Waals surface area contributed by atoms with Crippen molar-refractivity contribution in [2.24, 2.45) is 5.10 Å². The fraction of sp³-hybridized carbons (Fsp3) is 0.125. The van der Waals surface area contributed by atoms with Gasteiger partial charge in [0.1, 0.15) is 18.2 Å². The standard InChI is InChI=1S/C24H18BrClFN3O3/c1-14-29-21-8-7-17(25)10-19(21)24(31)30(14)28-12-16-9-18(26)11-22(32-2)23(16)33-13-15-5-3-4-6-20(15)27/h3-12H,13H2,1-2H3. The van der Waals surface area contributed by atoms with Gasteiger partial charge in [0.25, 0.3) is 5.56 Å². The molecule has 168 valence electrons. The van der Waals surface area contributed by atoms with E-state index in [0.717, 1.165) is 4.47 Å². The molecule has 4 rings (SSSR count). The van der Waals surface area contributed by atoms with Gasteiger partial charge in [-0.15, -0.1) is 0 Å². The Kier molecular flexibility index (Phi) is 6.76. The van der Waals surface area contributed by atoms with Crippen LogP contribution < -0.4 is 15.0 Å². The Morgan fingerprint density at radius 1 is 1.21 bits per heavy atom. The van der Waals surface area contributed by atoms with Crippen LogP contribution in [0.5, 0.6) is 11.5 Å². The zero-order chi connectivity index (χ0) is 23.5. The zero-order valence-corrected chi connectivity index (χ0v) is 20.0. The van der Waals surface area contributed by atoms with Gasteiger partial charge in [0.15, 0.2) is 11.5 Å². The summed E-state index contributed by atoms with van der Waals surface area (Å²) in [4.78, 5) is 17.5. The van der Waals surface area contributed by atoms with Gasteiger partial charge in [0.2, 0.25) is 0 Å². The third-order valence-corrected chi connectivity index (χ3v) is 5.59. The van der Waals surface area contributed by atoms with Crippen molar-refractivity contribution in [1.82, 2.24) is 9.66 Å². The quantitative estimate of drug-likeness (QED) is 0.299. The summed E-state index contributed by atoms with van der Waals surface area (Å²) < 4.78 is 27.3. The number of nitrogens with zero attached hydrogens (tertiary/aromatic N) is 3. The maximum absolute atomic E-state index is 14.0. The fourth-order valence-electron chi connectivity index (χ4n) is 3.27. The highest BCUT2D eigenvalue weighted by Gasteiger charge is 2.14. The topological polar surface area (TPSA) is 65.7 Å². The van der Waals surface area contributed by atoms with Crippen molar-refractivity contribution >= 4 is 44.6 Å². The molecule has 0 saturated heterocycles. The van der Waals surface area contributed by atoms with Crippen LogP contribution in [-0.2, 0) is 6.61 Å². The number of benzene rings is 3. The van der Waals surface area contributed by atoms with Gasteiger partial charge in [-0.2, -0.15) is 9.78 Å². The molecule has 9 heteroatoms. The van der Waals surface area contributed by atoms with Crippen LogP contribution in [0.1, 0.15) is 17.0 Å². The van der Waals surface area contributed by atoms with Gasteiger partial charge in [0.05, 0.1) is 24.2 Å². The average Bonchev–Trinajstić information content (AvgIpc) is 2.79. The minimum absolute atomic E-state index is 0.0317. The van der Waals surface area contributed by atoms with Crippen LogP contribution in [0.2, 0.25) is 5.02 Å². The first kappa shape index (κ1) is 22.9. The predicted octanol–water partition coefficient (Wildman–Crippen LogP) is 5.73. The van der Waals surface area contributed by atoms with E-state index in [2.05, 4.69) is 26.0 Å². The highest BCUT2D eigenvalue weighted by atomic mass is 79.9. The molecule has 3 aromatic carbocycles. The lowest BCUT2D eigenvalue weighted by molar-refractivity contribution is 0.279. The second-order valence-corrected chi connectivity index (χ2v) is 8.44. The molecular weight excluding hydrogens is 513 g/mol. The Morgan fingerprint density at radius 2 is 2.00 bits per heavy atom. The van der Waals surface area contributed by atoms with Crippen molar-refractivity contribution in [3.63, 3.8) is 0 Å². The predicted molar refractivity (Wildman–Crippen MR) is 130 cm³/mol. The summed E-state index contributed by atoms with van der Waals surface area (Å²) in [5, 5.41) is 5.15. The van der Waals surface area contributed by atoms with Crippen molar-refractivity contribution in [3.05, 3.63) is 97.2 Å². The molecule has 0 bridgehead atoms. The molecule has 0 aliphatic rings. The van der Waals surface area contributed by atoms with Gasteiger partial charge in [0, 0.05) is 26.7 Å². The molecule has 33 heavy (non-hydrogen) atoms. The van der Waals surface area contributed by atoms with E-state index in [0.29, 0.717) is 44.4 Å². The lowest BCUT2D eigenvalue weighted by Gasteiger charge is -2.14. The van der Waals surface area contributed by atoms with Crippen LogP contribution in [0.15, 0.2) is 69.0 Å². The Bertz CT molecular complexity index is 1440. The minimum Gasteiger partial charge on any atom is -0.493 e. The van der Waals surface area contributed by atoms with Gasteiger partial charge in [-0.25, -0.2) is 9.37 Å². The molecule has 6 nitrogen and oxygen atoms in total. The lowest BCUT2D eigenvalue weighted by Crippen LogP contribution is -2.20. The van der Waals surface area contributed by atoms with Crippen LogP contribution in [0, 0.1) is 12.7 Å². The maximum atomic E-state index is 14.0. The number of fused-ring (bicyclic) bond motifs is 1. The van der Waals surface area contributed by atoms with Gasteiger partial charge >= 0.3 is 0 Å². The number of rotatable bonds is 6. The van der Waals surface area contributed by atoms with E-state index in [1.165, 1.54) is 24.1 Å². The van der Waals surface area contributed by atoms with E-state index in [4.69, 9.17) is 21.1 Å². The molecule has 0 saturated carbocycles. The third-order valence-electron chi connectivity index (χ3n) is 4.88. The lowest BCUT2D eigenvalue weighted by atomic mass is 10.2. The Morgan fingerprint density at radius 3 is 2.76 bits per heavy atom. The van der Waals surface area contributed by atoms with Crippen LogP contribution in [0.25, 0.3) is 10.9 Å². The van der Waals surface area contributed by atoms with Crippen LogP contribution in [-0.4, -0.2) is 23.0 Å². The van der Waals surface area contributed by atoms with E-state index in [1.54, 1.807) is 49.4 Å². The molecule has 1 heterocycles. The summed E-state index contributed by atoms with van der Waals surface area (Å²) in [6, 6.07) is 14.8. The van der Waals surface area contributed by atoms with Crippen molar-refractivity contribution in [3.8, 4) is 11.5 Å². The number of ether oxygens (including phenoxy) is 2. The third kappa shape index (κ3) is 4.91. The van der Waals surface area contributed by atoms with Crippen molar-refractivity contribution in [1.29, 1.82) is 0 Å². The molecule has 0 atom stereocenters. The number of aryl methyl sites for hydroxylation is 1. The SMILES string of the molecule is COc1cc(Cl)cc(C=Nn2c(C)nc3ccc(Br)cc3c2=O)c1OCc1ccccc1F. The van der Waals surface area contributed by atoms with Gasteiger partial charge in [-0.3, -0.25) is 4.79 Å². The summed E-state index contributed by atoms with van der Waals surface area (Å²) in [5.74, 6) is 0.700. The number of halogens is 3. The molecule has 0 N–H and O–H groups in total. The first-order valence-corrected chi connectivity index (χ1v) is 11.0. The molecule has 0 unspecified atom stereocenters. The number of methoxy groups -OCH3 is 1. The molecule has 0 aliphatic carbocycles. The Balaban J connectivity index is 1.76. The fourth-order valence-corrected chi connectivity index (χ4v) is 3.85. The summed E-state index contributed by atoms with van der Waals surface area (Å²) in [6.45, 7) is 1.66. The monoisotopic (exact) mass is 529 g/mol. The number of aromatic nitrogens is 2. The highest BCUT2D eigenvalue weighted by Crippen LogP contribution is 2.34. The van der Waals surface area contributed by atoms with Crippen molar-refractivity contribution in [2.75, 3.05) is 7.11 Å². The van der Waals surface area contributed by atoms with Gasteiger partial charge in [-0.1, -0.05) is 45.7 Å². The highest BCUT2D eigenvalue weighted by molar-refractivity contribution is 9.10. The molecule has 0 radical (unpaired) electrons. The number of hydrogen-bond acceptors (Lipinski definition) is 5. The summed E-state index contributed by atoms with van der Waals surface area (Å²) in [6.07, 6.45) is 1.44. The molecule has 4 aromatic rings. The van der Waals surface area contributed by atoms with Crippen LogP contribution >= 0.6 is 27.5 Å². The molecule has 0 aliphatic heterocycles. The summed E-state index contributed by atoms with van der Waals surface area (Å²) in [5.41, 5.74) is 1.09. The van der Waals surface area contributed by atoms with E-state index < -0.39 is 0 Å². The first-order chi connectivity index (χ1) is 15.9. The van der Waals surface area contributed by atoms with Crippen molar-refractivity contribution in [2.45, 2.75) is 13.5 Å². The van der Waals surface area contributed by atoms with E-state index >= 15 is 0 Å². The average molecular weight is 531 g/mol. The number of hydrogen-bond donors (Lipinski definition) is 0.